The molecule has 0 spiro atoms. The van der Waals surface area contributed by atoms with Crippen molar-refractivity contribution in [2.45, 2.75) is 155 Å². The van der Waals surface area contributed by atoms with Crippen molar-refractivity contribution in [1.82, 2.24) is 0 Å². The predicted octanol–water partition coefficient (Wildman–Crippen LogP) is 9.15. The highest BCUT2D eigenvalue weighted by atomic mass is 16.5. The summed E-state index contributed by atoms with van der Waals surface area (Å²) in [5.74, 6) is 0.0195. The summed E-state index contributed by atoms with van der Waals surface area (Å²) in [6.45, 7) is 5.17. The number of hydrogen-bond acceptors (Lipinski definition) is 2. The van der Waals surface area contributed by atoms with E-state index >= 15 is 0 Å². The molecule has 0 aliphatic heterocycles. The van der Waals surface area contributed by atoms with Crippen LogP contribution < -0.4 is 0 Å². The molecular weight excluding hydrogens is 344 g/mol. The fourth-order valence-electron chi connectivity index (χ4n) is 3.78. The Morgan fingerprint density at radius 1 is 0.464 bits per heavy atom. The first kappa shape index (κ1) is 27.5. The van der Waals surface area contributed by atoms with E-state index in [1.54, 1.807) is 0 Å². The van der Waals surface area contributed by atoms with Gasteiger partial charge < -0.3 is 4.74 Å². The fraction of sp³-hybridized carbons (Fsp3) is 0.962. The zero-order chi connectivity index (χ0) is 20.5. The van der Waals surface area contributed by atoms with Gasteiger partial charge >= 0.3 is 5.97 Å². The average Bonchev–Trinajstić information content (AvgIpc) is 2.70. The third kappa shape index (κ3) is 23.5. The van der Waals surface area contributed by atoms with Crippen LogP contribution in [0.5, 0.6) is 0 Å². The van der Waals surface area contributed by atoms with E-state index in [-0.39, 0.29) is 5.97 Å². The standard InChI is InChI=1S/C26H52O2/c1-3-5-7-9-11-13-14-15-17-19-21-23-25-28-26(27)24-22-20-18-16-12-10-8-6-4-2/h3-25H2,1-2H3. The van der Waals surface area contributed by atoms with Crippen molar-refractivity contribution in [3.63, 3.8) is 0 Å². The van der Waals surface area contributed by atoms with E-state index in [1.165, 1.54) is 122 Å². The molecule has 0 fully saturated rings. The minimum Gasteiger partial charge on any atom is -0.466 e. The van der Waals surface area contributed by atoms with Gasteiger partial charge in [-0.1, -0.05) is 136 Å². The summed E-state index contributed by atoms with van der Waals surface area (Å²) >= 11 is 0. The van der Waals surface area contributed by atoms with Crippen LogP contribution in [0.3, 0.4) is 0 Å². The lowest BCUT2D eigenvalue weighted by Gasteiger charge is -2.05. The van der Waals surface area contributed by atoms with Gasteiger partial charge in [-0.3, -0.25) is 4.79 Å². The van der Waals surface area contributed by atoms with Gasteiger partial charge in [-0.25, -0.2) is 0 Å². The second kappa shape index (κ2) is 24.5. The van der Waals surface area contributed by atoms with Crippen LogP contribution in [-0.2, 0) is 9.53 Å². The molecule has 0 aromatic rings. The Hall–Kier alpha value is -0.530. The summed E-state index contributed by atoms with van der Waals surface area (Å²) in [6, 6.07) is 0. The van der Waals surface area contributed by atoms with Crippen molar-refractivity contribution in [2.24, 2.45) is 0 Å². The van der Waals surface area contributed by atoms with Gasteiger partial charge in [-0.2, -0.15) is 0 Å². The highest BCUT2D eigenvalue weighted by molar-refractivity contribution is 5.69. The van der Waals surface area contributed by atoms with Crippen LogP contribution in [0.15, 0.2) is 0 Å². The molecule has 0 aliphatic carbocycles. The van der Waals surface area contributed by atoms with E-state index in [1.807, 2.05) is 0 Å². The number of rotatable bonds is 23. The summed E-state index contributed by atoms with van der Waals surface area (Å²) in [5.41, 5.74) is 0. The number of carbonyl (C=O) groups excluding carboxylic acids is 1. The largest absolute Gasteiger partial charge is 0.466 e. The van der Waals surface area contributed by atoms with Crippen LogP contribution in [0.4, 0.5) is 0 Å². The maximum atomic E-state index is 11.7. The number of unbranched alkanes of at least 4 members (excludes halogenated alkanes) is 19. The van der Waals surface area contributed by atoms with Gasteiger partial charge in [-0.15, -0.1) is 0 Å². The van der Waals surface area contributed by atoms with Crippen molar-refractivity contribution in [3.8, 4) is 0 Å². The van der Waals surface area contributed by atoms with Gasteiger partial charge in [-0.05, 0) is 12.8 Å². The molecule has 168 valence electrons. The summed E-state index contributed by atoms with van der Waals surface area (Å²) in [7, 11) is 0. The predicted molar refractivity (Wildman–Crippen MR) is 124 cm³/mol. The zero-order valence-electron chi connectivity index (χ0n) is 19.6. The van der Waals surface area contributed by atoms with Crippen LogP contribution in [0, 0.1) is 0 Å². The van der Waals surface area contributed by atoms with E-state index in [0.29, 0.717) is 13.0 Å². The third-order valence-electron chi connectivity index (χ3n) is 5.75. The van der Waals surface area contributed by atoms with E-state index < -0.39 is 0 Å². The van der Waals surface area contributed by atoms with Crippen LogP contribution in [0.25, 0.3) is 0 Å². The molecular formula is C26H52O2. The van der Waals surface area contributed by atoms with Crippen molar-refractivity contribution in [2.75, 3.05) is 6.61 Å². The maximum Gasteiger partial charge on any atom is 0.305 e. The molecule has 0 amide bonds. The van der Waals surface area contributed by atoms with Crippen LogP contribution in [0.1, 0.15) is 155 Å². The SMILES string of the molecule is CCCCCCCCCCCCCCOC(=O)CCCCCCCCCCC. The smallest absolute Gasteiger partial charge is 0.305 e. The number of esters is 1. The quantitative estimate of drug-likeness (QED) is 0.127. The van der Waals surface area contributed by atoms with Crippen LogP contribution in [-0.4, -0.2) is 12.6 Å². The number of carbonyl (C=O) groups is 1. The minimum atomic E-state index is 0.0195. The normalized spacial score (nSPS) is 11.1. The molecule has 2 nitrogen and oxygen atoms in total. The zero-order valence-corrected chi connectivity index (χ0v) is 19.6. The molecule has 0 heterocycles. The molecule has 0 unspecified atom stereocenters. The molecule has 0 aliphatic rings. The Morgan fingerprint density at radius 3 is 1.18 bits per heavy atom. The van der Waals surface area contributed by atoms with Crippen molar-refractivity contribution >= 4 is 5.97 Å². The molecule has 28 heavy (non-hydrogen) atoms. The molecule has 0 N–H and O–H groups in total. The Balaban J connectivity index is 3.13. The Morgan fingerprint density at radius 2 is 0.786 bits per heavy atom. The highest BCUT2D eigenvalue weighted by Crippen LogP contribution is 2.13. The van der Waals surface area contributed by atoms with Crippen molar-refractivity contribution in [3.05, 3.63) is 0 Å². The molecule has 0 rings (SSSR count). The molecule has 0 aromatic carbocycles. The summed E-state index contributed by atoms with van der Waals surface area (Å²) in [5, 5.41) is 0. The van der Waals surface area contributed by atoms with Gasteiger partial charge in [0.15, 0.2) is 0 Å². The van der Waals surface area contributed by atoms with E-state index in [9.17, 15) is 4.79 Å². The summed E-state index contributed by atoms with van der Waals surface area (Å²) < 4.78 is 5.37. The second-order valence-electron chi connectivity index (χ2n) is 8.69. The first-order valence-electron chi connectivity index (χ1n) is 13.0. The van der Waals surface area contributed by atoms with Gasteiger partial charge in [0.25, 0.3) is 0 Å². The lowest BCUT2D eigenvalue weighted by Crippen LogP contribution is -2.05. The number of hydrogen-bond donors (Lipinski definition) is 0. The first-order valence-corrected chi connectivity index (χ1v) is 13.0. The fourth-order valence-corrected chi connectivity index (χ4v) is 3.78. The topological polar surface area (TPSA) is 26.3 Å². The summed E-state index contributed by atoms with van der Waals surface area (Å²) in [4.78, 5) is 11.7. The van der Waals surface area contributed by atoms with Gasteiger partial charge in [0.05, 0.1) is 6.61 Å². The van der Waals surface area contributed by atoms with Gasteiger partial charge in [0.1, 0.15) is 0 Å². The minimum absolute atomic E-state index is 0.0195. The van der Waals surface area contributed by atoms with Crippen molar-refractivity contribution in [1.29, 1.82) is 0 Å². The van der Waals surface area contributed by atoms with E-state index in [4.69, 9.17) is 4.74 Å². The Bertz CT molecular complexity index is 301. The first-order chi connectivity index (χ1) is 13.8. The molecule has 0 radical (unpaired) electrons. The molecule has 0 aromatic heterocycles. The molecule has 0 saturated heterocycles. The van der Waals surface area contributed by atoms with Crippen LogP contribution in [0.2, 0.25) is 0 Å². The monoisotopic (exact) mass is 396 g/mol. The molecule has 0 saturated carbocycles. The number of ether oxygens (including phenoxy) is 1. The van der Waals surface area contributed by atoms with Gasteiger partial charge in [0.2, 0.25) is 0 Å². The highest BCUT2D eigenvalue weighted by Gasteiger charge is 2.02. The third-order valence-corrected chi connectivity index (χ3v) is 5.75. The van der Waals surface area contributed by atoms with E-state index in [0.717, 1.165) is 12.8 Å². The molecule has 0 atom stereocenters. The van der Waals surface area contributed by atoms with E-state index in [2.05, 4.69) is 13.8 Å². The molecule has 2 heteroatoms. The Kier molecular flexibility index (Phi) is 24.0. The van der Waals surface area contributed by atoms with Crippen molar-refractivity contribution < 1.29 is 9.53 Å². The summed E-state index contributed by atoms with van der Waals surface area (Å²) in [6.07, 6.45) is 28.4. The lowest BCUT2D eigenvalue weighted by molar-refractivity contribution is -0.143. The van der Waals surface area contributed by atoms with Crippen LogP contribution >= 0.6 is 0 Å². The van der Waals surface area contributed by atoms with Gasteiger partial charge in [0, 0.05) is 6.42 Å². The lowest BCUT2D eigenvalue weighted by atomic mass is 10.1. The maximum absolute atomic E-state index is 11.7. The Labute approximate surface area is 177 Å². The molecule has 0 bridgehead atoms. The second-order valence-corrected chi connectivity index (χ2v) is 8.69. The average molecular weight is 397 g/mol.